The molecule has 0 saturated heterocycles. The Bertz CT molecular complexity index is 895. The summed E-state index contributed by atoms with van der Waals surface area (Å²) in [5.41, 5.74) is 1.49. The molecule has 5 N–H and O–H groups in total. The van der Waals surface area contributed by atoms with E-state index in [4.69, 9.17) is 0 Å². The van der Waals surface area contributed by atoms with Gasteiger partial charge in [0.05, 0.1) is 11.0 Å². The van der Waals surface area contributed by atoms with Gasteiger partial charge in [0.25, 0.3) is 5.91 Å². The highest BCUT2D eigenvalue weighted by Crippen LogP contribution is 2.27. The molecule has 0 radical (unpaired) electrons. The molecule has 3 rings (SSSR count). The van der Waals surface area contributed by atoms with Gasteiger partial charge in [-0.15, -0.1) is 0 Å². The number of aromatic hydroxyl groups is 2. The molecule has 1 aromatic heterocycles. The molecule has 0 unspecified atom stereocenters. The molecule has 2 aromatic carbocycles. The quantitative estimate of drug-likeness (QED) is 0.362. The summed E-state index contributed by atoms with van der Waals surface area (Å²) in [6.45, 7) is 0. The van der Waals surface area contributed by atoms with Crippen LogP contribution >= 0.6 is 0 Å². The van der Waals surface area contributed by atoms with Crippen molar-refractivity contribution in [3.63, 3.8) is 0 Å². The molecule has 0 fully saturated rings. The zero-order valence-electron chi connectivity index (χ0n) is 10.7. The molecular formula is C14H11N3O4. The smallest absolute Gasteiger partial charge is 0.323 e. The van der Waals surface area contributed by atoms with Crippen LogP contribution in [0.5, 0.6) is 11.5 Å². The molecule has 1 amide bonds. The Morgan fingerprint density at radius 1 is 0.952 bits per heavy atom. The van der Waals surface area contributed by atoms with Gasteiger partial charge in [-0.05, 0) is 30.3 Å². The Hall–Kier alpha value is -3.22. The van der Waals surface area contributed by atoms with Crippen molar-refractivity contribution in [3.05, 3.63) is 52.4 Å². The number of carbonyl (C=O) groups is 1. The average Bonchev–Trinajstić information content (AvgIpc) is 2.82. The van der Waals surface area contributed by atoms with Crippen LogP contribution in [0, 0.1) is 0 Å². The molecule has 0 bridgehead atoms. The largest absolute Gasteiger partial charge is 0.504 e. The number of aromatic nitrogens is 2. The van der Waals surface area contributed by atoms with Crippen molar-refractivity contribution in [2.75, 3.05) is 5.32 Å². The van der Waals surface area contributed by atoms with Crippen molar-refractivity contribution in [1.29, 1.82) is 0 Å². The molecule has 21 heavy (non-hydrogen) atoms. The number of hydrogen-bond acceptors (Lipinski definition) is 4. The Morgan fingerprint density at radius 3 is 2.48 bits per heavy atom. The van der Waals surface area contributed by atoms with E-state index in [1.165, 1.54) is 18.2 Å². The lowest BCUT2D eigenvalue weighted by molar-refractivity contribution is 0.102. The number of H-pyrrole nitrogens is 2. The van der Waals surface area contributed by atoms with Crippen molar-refractivity contribution in [1.82, 2.24) is 9.97 Å². The van der Waals surface area contributed by atoms with Crippen LogP contribution in [0.3, 0.4) is 0 Å². The van der Waals surface area contributed by atoms with Crippen molar-refractivity contribution in [2.45, 2.75) is 0 Å². The summed E-state index contributed by atoms with van der Waals surface area (Å²) in [5.74, 6) is -0.985. The van der Waals surface area contributed by atoms with Gasteiger partial charge in [-0.25, -0.2) is 4.79 Å². The van der Waals surface area contributed by atoms with Gasteiger partial charge in [0.1, 0.15) is 0 Å². The van der Waals surface area contributed by atoms with Crippen molar-refractivity contribution >= 4 is 22.6 Å². The summed E-state index contributed by atoms with van der Waals surface area (Å²) in [5, 5.41) is 21.2. The number of imidazole rings is 1. The van der Waals surface area contributed by atoms with E-state index >= 15 is 0 Å². The molecule has 0 aliphatic carbocycles. The van der Waals surface area contributed by atoms with Crippen LogP contribution in [0.15, 0.2) is 41.2 Å². The highest BCUT2D eigenvalue weighted by Gasteiger charge is 2.09. The number of aromatic amines is 2. The third-order valence-electron chi connectivity index (χ3n) is 3.01. The topological polar surface area (TPSA) is 118 Å². The fourth-order valence-corrected chi connectivity index (χ4v) is 1.98. The lowest BCUT2D eigenvalue weighted by Crippen LogP contribution is -2.11. The number of amides is 1. The van der Waals surface area contributed by atoms with Crippen LogP contribution in [0.25, 0.3) is 11.0 Å². The zero-order chi connectivity index (χ0) is 15.0. The summed E-state index contributed by atoms with van der Waals surface area (Å²) in [4.78, 5) is 28.4. The molecule has 0 atom stereocenters. The summed E-state index contributed by atoms with van der Waals surface area (Å²) in [6, 6.07) is 8.71. The Balaban J connectivity index is 1.89. The van der Waals surface area contributed by atoms with Crippen molar-refractivity contribution in [3.8, 4) is 11.5 Å². The van der Waals surface area contributed by atoms with Gasteiger partial charge in [0, 0.05) is 17.3 Å². The van der Waals surface area contributed by atoms with Gasteiger partial charge in [-0.1, -0.05) is 0 Å². The van der Waals surface area contributed by atoms with E-state index in [0.29, 0.717) is 22.3 Å². The zero-order valence-corrected chi connectivity index (χ0v) is 10.7. The first-order valence-electron chi connectivity index (χ1n) is 6.08. The van der Waals surface area contributed by atoms with E-state index in [9.17, 15) is 19.8 Å². The van der Waals surface area contributed by atoms with Crippen molar-refractivity contribution in [2.24, 2.45) is 0 Å². The minimum atomic E-state index is -0.399. The number of phenolic OH excluding ortho intramolecular Hbond substituents is 2. The molecular weight excluding hydrogens is 274 g/mol. The second kappa shape index (κ2) is 4.71. The number of phenols is 2. The lowest BCUT2D eigenvalue weighted by Gasteiger charge is -2.06. The van der Waals surface area contributed by atoms with Gasteiger partial charge < -0.3 is 25.5 Å². The van der Waals surface area contributed by atoms with Crippen LogP contribution in [-0.2, 0) is 0 Å². The first-order chi connectivity index (χ1) is 10.0. The van der Waals surface area contributed by atoms with E-state index in [0.717, 1.165) is 0 Å². The number of anilines is 1. The second-order valence-corrected chi connectivity index (χ2v) is 4.50. The Morgan fingerprint density at radius 2 is 1.71 bits per heavy atom. The molecule has 106 valence electrons. The van der Waals surface area contributed by atoms with Gasteiger partial charge in [-0.2, -0.15) is 0 Å². The fraction of sp³-hybridized carbons (Fsp3) is 0. The third-order valence-corrected chi connectivity index (χ3v) is 3.01. The molecule has 3 aromatic rings. The number of nitrogens with one attached hydrogen (secondary N) is 3. The van der Waals surface area contributed by atoms with E-state index in [-0.39, 0.29) is 17.2 Å². The first-order valence-corrected chi connectivity index (χ1v) is 6.08. The Kier molecular flexibility index (Phi) is 2.87. The third kappa shape index (κ3) is 2.44. The van der Waals surface area contributed by atoms with Crippen LogP contribution < -0.4 is 11.0 Å². The fourth-order valence-electron chi connectivity index (χ4n) is 1.98. The normalized spacial score (nSPS) is 10.7. The van der Waals surface area contributed by atoms with Crippen LogP contribution in [0.1, 0.15) is 10.4 Å². The summed E-state index contributed by atoms with van der Waals surface area (Å²) in [7, 11) is 0. The minimum absolute atomic E-state index is 0.265. The van der Waals surface area contributed by atoms with E-state index in [1.54, 1.807) is 18.2 Å². The van der Waals surface area contributed by atoms with E-state index in [2.05, 4.69) is 15.3 Å². The maximum atomic E-state index is 12.1. The average molecular weight is 285 g/mol. The van der Waals surface area contributed by atoms with Crippen LogP contribution in [0.4, 0.5) is 5.69 Å². The summed E-state index contributed by atoms with van der Waals surface area (Å²) < 4.78 is 0. The monoisotopic (exact) mass is 285 g/mol. The highest BCUT2D eigenvalue weighted by atomic mass is 16.3. The number of carbonyl (C=O) groups excluding carboxylic acids is 1. The maximum Gasteiger partial charge on any atom is 0.323 e. The predicted molar refractivity (Wildman–Crippen MR) is 76.6 cm³/mol. The standard InChI is InChI=1S/C14H11N3O4/c18-11-4-2-8(6-12(11)19)15-13(20)7-1-3-9-10(5-7)17-14(21)16-9/h1-6,18-19H,(H,15,20)(H2,16,17,21). The molecule has 7 nitrogen and oxygen atoms in total. The van der Waals surface area contributed by atoms with Crippen LogP contribution in [0.2, 0.25) is 0 Å². The lowest BCUT2D eigenvalue weighted by atomic mass is 10.2. The number of benzene rings is 2. The molecule has 7 heteroatoms. The van der Waals surface area contributed by atoms with Gasteiger partial charge >= 0.3 is 5.69 Å². The second-order valence-electron chi connectivity index (χ2n) is 4.50. The molecule has 0 aliphatic heterocycles. The maximum absolute atomic E-state index is 12.1. The molecule has 0 aliphatic rings. The summed E-state index contributed by atoms with van der Waals surface area (Å²) in [6.07, 6.45) is 0. The molecule has 1 heterocycles. The number of hydrogen-bond donors (Lipinski definition) is 5. The molecule has 0 saturated carbocycles. The van der Waals surface area contributed by atoms with Gasteiger partial charge in [0.15, 0.2) is 11.5 Å². The molecule has 0 spiro atoms. The van der Waals surface area contributed by atoms with E-state index in [1.807, 2.05) is 0 Å². The van der Waals surface area contributed by atoms with Gasteiger partial charge in [-0.3, -0.25) is 4.79 Å². The number of fused-ring (bicyclic) bond motifs is 1. The van der Waals surface area contributed by atoms with Gasteiger partial charge in [0.2, 0.25) is 0 Å². The summed E-state index contributed by atoms with van der Waals surface area (Å²) >= 11 is 0. The number of rotatable bonds is 2. The Labute approximate surface area is 117 Å². The van der Waals surface area contributed by atoms with Crippen molar-refractivity contribution < 1.29 is 15.0 Å². The first kappa shape index (κ1) is 12.8. The van der Waals surface area contributed by atoms with Crippen LogP contribution in [-0.4, -0.2) is 26.1 Å². The highest BCUT2D eigenvalue weighted by molar-refractivity contribution is 6.06. The van der Waals surface area contributed by atoms with E-state index < -0.39 is 5.91 Å². The minimum Gasteiger partial charge on any atom is -0.504 e. The SMILES string of the molecule is O=C(Nc1ccc(O)c(O)c1)c1ccc2[nH]c(=O)[nH]c2c1. The predicted octanol–water partition coefficient (Wildman–Crippen LogP) is 1.52.